The van der Waals surface area contributed by atoms with Gasteiger partial charge in [-0.1, -0.05) is 5.16 Å². The number of hydrogen-bond donors (Lipinski definition) is 2. The van der Waals surface area contributed by atoms with Crippen molar-refractivity contribution in [1.29, 1.82) is 0 Å². The predicted molar refractivity (Wildman–Crippen MR) is 70.8 cm³/mol. The van der Waals surface area contributed by atoms with Crippen LogP contribution in [0.1, 0.15) is 18.5 Å². The first-order chi connectivity index (χ1) is 9.65. The van der Waals surface area contributed by atoms with E-state index < -0.39 is 5.60 Å². The van der Waals surface area contributed by atoms with Gasteiger partial charge < -0.3 is 24.6 Å². The molecule has 2 rings (SSSR count). The second kappa shape index (κ2) is 6.83. The summed E-state index contributed by atoms with van der Waals surface area (Å²) in [6, 6.07) is 1.74. The molecule has 7 nitrogen and oxygen atoms in total. The third kappa shape index (κ3) is 3.56. The summed E-state index contributed by atoms with van der Waals surface area (Å²) in [6.07, 6.45) is 2.75. The highest BCUT2D eigenvalue weighted by Gasteiger charge is 2.41. The van der Waals surface area contributed by atoms with Gasteiger partial charge in [-0.3, -0.25) is 4.79 Å². The molecular weight excluding hydrogens is 262 g/mol. The highest BCUT2D eigenvalue weighted by Crippen LogP contribution is 2.22. The largest absolute Gasteiger partial charge is 0.383 e. The number of hydrogen-bond acceptors (Lipinski definition) is 6. The molecule has 1 saturated heterocycles. The van der Waals surface area contributed by atoms with Gasteiger partial charge in [0.05, 0.1) is 12.3 Å². The van der Waals surface area contributed by atoms with Gasteiger partial charge in [-0.15, -0.1) is 0 Å². The molecule has 1 aromatic heterocycles. The molecular formula is C13H21N3O4. The van der Waals surface area contributed by atoms with Crippen LogP contribution in [-0.2, 0) is 16.1 Å². The van der Waals surface area contributed by atoms with E-state index >= 15 is 0 Å². The normalized spacial score (nSPS) is 23.3. The number of piperidine rings is 1. The molecule has 0 spiro atoms. The van der Waals surface area contributed by atoms with Crippen molar-refractivity contribution in [2.45, 2.75) is 25.0 Å². The zero-order chi connectivity index (χ0) is 14.4. The van der Waals surface area contributed by atoms with E-state index in [4.69, 9.17) is 9.26 Å². The quantitative estimate of drug-likeness (QED) is 0.718. The predicted octanol–water partition coefficient (Wildman–Crippen LogP) is -0.236. The Kier molecular flexibility index (Phi) is 5.11. The highest BCUT2D eigenvalue weighted by molar-refractivity contribution is 5.86. The number of ether oxygens (including phenoxy) is 1. The molecule has 0 unspecified atom stereocenters. The van der Waals surface area contributed by atoms with E-state index in [2.05, 4.69) is 10.5 Å². The van der Waals surface area contributed by atoms with E-state index in [-0.39, 0.29) is 12.5 Å². The zero-order valence-corrected chi connectivity index (χ0v) is 11.7. The summed E-state index contributed by atoms with van der Waals surface area (Å²) in [4.78, 5) is 13.9. The van der Waals surface area contributed by atoms with Crippen LogP contribution in [-0.4, -0.2) is 60.0 Å². The molecule has 1 aromatic rings. The minimum absolute atomic E-state index is 0.210. The summed E-state index contributed by atoms with van der Waals surface area (Å²) >= 11 is 0. The standard InChI is InChI=1S/C13H21N3O4/c1-19-8-6-16-5-2-4-13(18,12(16)17)10-14-9-11-3-7-20-15-11/h3,7,14,18H,2,4-6,8-10H2,1H3/t13-/m0/s1. The Hall–Kier alpha value is -1.44. The Labute approximate surface area is 117 Å². The number of likely N-dealkylation sites (tertiary alicyclic amines) is 1. The summed E-state index contributed by atoms with van der Waals surface area (Å²) in [6.45, 7) is 2.34. The van der Waals surface area contributed by atoms with Crippen molar-refractivity contribution in [1.82, 2.24) is 15.4 Å². The van der Waals surface area contributed by atoms with Crippen molar-refractivity contribution in [2.75, 3.05) is 33.4 Å². The fourth-order valence-corrected chi connectivity index (χ4v) is 2.37. The maximum atomic E-state index is 12.3. The van der Waals surface area contributed by atoms with E-state index in [0.717, 1.165) is 12.1 Å². The lowest BCUT2D eigenvalue weighted by atomic mass is 9.91. The van der Waals surface area contributed by atoms with Crippen molar-refractivity contribution >= 4 is 5.91 Å². The molecule has 7 heteroatoms. The van der Waals surface area contributed by atoms with Gasteiger partial charge in [0.2, 0.25) is 0 Å². The van der Waals surface area contributed by atoms with Crippen molar-refractivity contribution in [3.05, 3.63) is 18.0 Å². The molecule has 0 bridgehead atoms. The fourth-order valence-electron chi connectivity index (χ4n) is 2.37. The highest BCUT2D eigenvalue weighted by atomic mass is 16.5. The monoisotopic (exact) mass is 283 g/mol. The average Bonchev–Trinajstić information content (AvgIpc) is 2.94. The summed E-state index contributed by atoms with van der Waals surface area (Å²) in [5, 5.41) is 17.3. The molecule has 1 atom stereocenters. The SMILES string of the molecule is COCCN1CCC[C@](O)(CNCc2ccon2)C1=O. The minimum Gasteiger partial charge on any atom is -0.383 e. The second-order valence-electron chi connectivity index (χ2n) is 5.01. The topological polar surface area (TPSA) is 87.8 Å². The van der Waals surface area contributed by atoms with Crippen LogP contribution in [0.4, 0.5) is 0 Å². The van der Waals surface area contributed by atoms with Gasteiger partial charge in [-0.25, -0.2) is 0 Å². The van der Waals surface area contributed by atoms with Crippen molar-refractivity contribution in [3.63, 3.8) is 0 Å². The van der Waals surface area contributed by atoms with Crippen LogP contribution in [0, 0.1) is 0 Å². The lowest BCUT2D eigenvalue weighted by Crippen LogP contribution is -2.58. The summed E-state index contributed by atoms with van der Waals surface area (Å²) in [7, 11) is 1.60. The number of nitrogens with one attached hydrogen (secondary N) is 1. The number of aromatic nitrogens is 1. The average molecular weight is 283 g/mol. The van der Waals surface area contributed by atoms with Gasteiger partial charge in [0.15, 0.2) is 5.60 Å². The molecule has 0 saturated carbocycles. The molecule has 1 aliphatic rings. The number of carbonyl (C=O) groups is 1. The fraction of sp³-hybridized carbons (Fsp3) is 0.692. The molecule has 0 aliphatic carbocycles. The maximum Gasteiger partial charge on any atom is 0.255 e. The van der Waals surface area contributed by atoms with Crippen molar-refractivity contribution < 1.29 is 19.2 Å². The number of rotatable bonds is 7. The van der Waals surface area contributed by atoms with E-state index in [1.165, 1.54) is 6.26 Å². The Balaban J connectivity index is 1.85. The van der Waals surface area contributed by atoms with Crippen LogP contribution in [0.25, 0.3) is 0 Å². The number of carbonyl (C=O) groups excluding carboxylic acids is 1. The number of aliphatic hydroxyl groups is 1. The van der Waals surface area contributed by atoms with E-state index in [1.54, 1.807) is 18.1 Å². The van der Waals surface area contributed by atoms with Crippen LogP contribution in [0.15, 0.2) is 16.9 Å². The summed E-state index contributed by atoms with van der Waals surface area (Å²) in [5.74, 6) is -0.228. The summed E-state index contributed by atoms with van der Waals surface area (Å²) in [5.41, 5.74) is -0.594. The first-order valence-corrected chi connectivity index (χ1v) is 6.76. The van der Waals surface area contributed by atoms with Gasteiger partial charge in [-0.05, 0) is 12.8 Å². The van der Waals surface area contributed by atoms with Crippen LogP contribution < -0.4 is 5.32 Å². The van der Waals surface area contributed by atoms with E-state index in [1.807, 2.05) is 0 Å². The third-order valence-electron chi connectivity index (χ3n) is 3.48. The Morgan fingerprint density at radius 1 is 1.65 bits per heavy atom. The van der Waals surface area contributed by atoms with Gasteiger partial charge >= 0.3 is 0 Å². The molecule has 2 heterocycles. The Bertz CT molecular complexity index is 423. The third-order valence-corrected chi connectivity index (χ3v) is 3.48. The van der Waals surface area contributed by atoms with E-state index in [0.29, 0.717) is 32.7 Å². The van der Waals surface area contributed by atoms with Crippen LogP contribution in [0.5, 0.6) is 0 Å². The first kappa shape index (κ1) is 15.0. The molecule has 0 aromatic carbocycles. The Morgan fingerprint density at radius 2 is 2.50 bits per heavy atom. The minimum atomic E-state index is -1.34. The second-order valence-corrected chi connectivity index (χ2v) is 5.01. The maximum absolute atomic E-state index is 12.3. The first-order valence-electron chi connectivity index (χ1n) is 6.76. The lowest BCUT2D eigenvalue weighted by Gasteiger charge is -2.38. The number of methoxy groups -OCH3 is 1. The number of amides is 1. The summed E-state index contributed by atoms with van der Waals surface area (Å²) < 4.78 is 9.70. The van der Waals surface area contributed by atoms with Gasteiger partial charge in [0.25, 0.3) is 5.91 Å². The molecule has 1 aliphatic heterocycles. The lowest BCUT2D eigenvalue weighted by molar-refractivity contribution is -0.157. The van der Waals surface area contributed by atoms with Crippen LogP contribution >= 0.6 is 0 Å². The molecule has 2 N–H and O–H groups in total. The molecule has 1 fully saturated rings. The van der Waals surface area contributed by atoms with E-state index in [9.17, 15) is 9.90 Å². The van der Waals surface area contributed by atoms with Crippen LogP contribution in [0.2, 0.25) is 0 Å². The smallest absolute Gasteiger partial charge is 0.255 e. The number of nitrogens with zero attached hydrogens (tertiary/aromatic N) is 2. The molecule has 1 amide bonds. The molecule has 112 valence electrons. The van der Waals surface area contributed by atoms with Gasteiger partial charge in [-0.2, -0.15) is 0 Å². The molecule has 0 radical (unpaired) electrons. The molecule has 20 heavy (non-hydrogen) atoms. The van der Waals surface area contributed by atoms with Gasteiger partial charge in [0.1, 0.15) is 6.26 Å². The Morgan fingerprint density at radius 3 is 3.20 bits per heavy atom. The van der Waals surface area contributed by atoms with Crippen molar-refractivity contribution in [3.8, 4) is 0 Å². The van der Waals surface area contributed by atoms with Crippen molar-refractivity contribution in [2.24, 2.45) is 0 Å². The van der Waals surface area contributed by atoms with Gasteiger partial charge in [0, 0.05) is 39.4 Å². The van der Waals surface area contributed by atoms with Crippen LogP contribution in [0.3, 0.4) is 0 Å². The zero-order valence-electron chi connectivity index (χ0n) is 11.7.